The Kier molecular flexibility index (Phi) is 8.90. The summed E-state index contributed by atoms with van der Waals surface area (Å²) in [4.78, 5) is 0. The molecule has 0 unspecified atom stereocenters. The molecule has 0 atom stereocenters. The van der Waals surface area contributed by atoms with Gasteiger partial charge in [0, 0.05) is 21.2 Å². The topological polar surface area (TPSA) is 18.5 Å². The summed E-state index contributed by atoms with van der Waals surface area (Å²) in [6.07, 6.45) is 12.5. The second-order valence-corrected chi connectivity index (χ2v) is 11.1. The molecule has 0 N–H and O–H groups in total. The molecule has 1 aliphatic carbocycles. The van der Waals surface area contributed by atoms with Crippen molar-refractivity contribution in [1.29, 1.82) is 0 Å². The molecule has 3 rings (SSSR count). The van der Waals surface area contributed by atoms with E-state index < -0.39 is 0 Å². The Morgan fingerprint density at radius 2 is 1.21 bits per heavy atom. The SMILES string of the molecule is CCC(CC)COc1c2c(c(OCC(CC)CC)c3cc(CC(C)(C)C)ccc13)=CCCC=2. The fraction of sp³-hybridized carbons (Fsp3) is 0.613. The van der Waals surface area contributed by atoms with Crippen LogP contribution in [-0.4, -0.2) is 13.2 Å². The lowest BCUT2D eigenvalue weighted by Crippen LogP contribution is -2.32. The third-order valence-electron chi connectivity index (χ3n) is 7.19. The van der Waals surface area contributed by atoms with Crippen molar-refractivity contribution in [2.45, 2.75) is 93.4 Å². The number of hydrogen-bond acceptors (Lipinski definition) is 2. The Morgan fingerprint density at radius 1 is 0.727 bits per heavy atom. The predicted molar refractivity (Wildman–Crippen MR) is 144 cm³/mol. The maximum absolute atomic E-state index is 6.66. The highest BCUT2D eigenvalue weighted by Crippen LogP contribution is 2.32. The number of rotatable bonds is 11. The van der Waals surface area contributed by atoms with Crippen molar-refractivity contribution in [3.63, 3.8) is 0 Å². The lowest BCUT2D eigenvalue weighted by atomic mass is 9.87. The first-order valence-electron chi connectivity index (χ1n) is 13.4. The maximum atomic E-state index is 6.66. The molecular formula is C31H46O2. The van der Waals surface area contributed by atoms with Gasteiger partial charge in [-0.2, -0.15) is 0 Å². The summed E-state index contributed by atoms with van der Waals surface area (Å²) in [7, 11) is 0. The van der Waals surface area contributed by atoms with Gasteiger partial charge in [0.1, 0.15) is 11.5 Å². The quantitative estimate of drug-likeness (QED) is 0.355. The summed E-state index contributed by atoms with van der Waals surface area (Å²) < 4.78 is 13.3. The van der Waals surface area contributed by atoms with Gasteiger partial charge in [0.05, 0.1) is 13.2 Å². The second kappa shape index (κ2) is 11.4. The minimum atomic E-state index is 0.243. The standard InChI is InChI=1S/C31H46O2/c1-8-22(9-2)20-32-29-25-14-12-13-15-26(25)30(33-21-23(10-3)11-4)28-18-24(16-17-27(28)29)19-31(5,6)7/h14-18,22-23H,8-13,19-21H2,1-7H3. The van der Waals surface area contributed by atoms with Crippen molar-refractivity contribution in [1.82, 2.24) is 0 Å². The van der Waals surface area contributed by atoms with Crippen molar-refractivity contribution >= 4 is 22.9 Å². The van der Waals surface area contributed by atoms with Crippen molar-refractivity contribution in [2.75, 3.05) is 13.2 Å². The molecule has 0 saturated carbocycles. The van der Waals surface area contributed by atoms with Crippen LogP contribution in [0.25, 0.3) is 22.9 Å². The number of hydrogen-bond donors (Lipinski definition) is 0. The van der Waals surface area contributed by atoms with Crippen LogP contribution < -0.4 is 19.9 Å². The van der Waals surface area contributed by atoms with E-state index in [0.29, 0.717) is 11.8 Å². The van der Waals surface area contributed by atoms with E-state index >= 15 is 0 Å². The molecule has 182 valence electrons. The van der Waals surface area contributed by atoms with Gasteiger partial charge in [-0.1, -0.05) is 98.4 Å². The molecule has 0 aliphatic heterocycles. The third kappa shape index (κ3) is 6.34. The zero-order chi connectivity index (χ0) is 24.0. The third-order valence-corrected chi connectivity index (χ3v) is 7.19. The molecule has 0 fully saturated rings. The van der Waals surface area contributed by atoms with Crippen molar-refractivity contribution in [3.05, 3.63) is 34.2 Å². The summed E-state index contributed by atoms with van der Waals surface area (Å²) in [6.45, 7) is 17.5. The van der Waals surface area contributed by atoms with E-state index in [4.69, 9.17) is 9.47 Å². The summed E-state index contributed by atoms with van der Waals surface area (Å²) in [5.41, 5.74) is 1.61. The summed E-state index contributed by atoms with van der Waals surface area (Å²) in [5.74, 6) is 3.30. The highest BCUT2D eigenvalue weighted by molar-refractivity contribution is 5.95. The Labute approximate surface area is 202 Å². The smallest absolute Gasteiger partial charge is 0.134 e. The van der Waals surface area contributed by atoms with Gasteiger partial charge in [-0.15, -0.1) is 0 Å². The first-order valence-corrected chi connectivity index (χ1v) is 13.4. The van der Waals surface area contributed by atoms with E-state index in [-0.39, 0.29) is 5.41 Å². The molecule has 2 nitrogen and oxygen atoms in total. The van der Waals surface area contributed by atoms with E-state index in [1.165, 1.54) is 26.8 Å². The van der Waals surface area contributed by atoms with Gasteiger partial charge in [0.2, 0.25) is 0 Å². The Bertz CT molecular complexity index is 1030. The van der Waals surface area contributed by atoms with Crippen LogP contribution in [0.5, 0.6) is 11.5 Å². The van der Waals surface area contributed by atoms with Gasteiger partial charge < -0.3 is 9.47 Å². The number of benzene rings is 2. The second-order valence-electron chi connectivity index (χ2n) is 11.1. The first kappa shape index (κ1) is 25.7. The summed E-state index contributed by atoms with van der Waals surface area (Å²) in [5, 5.41) is 4.89. The highest BCUT2D eigenvalue weighted by atomic mass is 16.5. The molecule has 2 heteroatoms. The van der Waals surface area contributed by atoms with Crippen LogP contribution in [0.15, 0.2) is 18.2 Å². The largest absolute Gasteiger partial charge is 0.492 e. The van der Waals surface area contributed by atoms with Crippen molar-refractivity contribution in [2.24, 2.45) is 17.3 Å². The van der Waals surface area contributed by atoms with Gasteiger partial charge in [0.25, 0.3) is 0 Å². The van der Waals surface area contributed by atoms with Crippen molar-refractivity contribution < 1.29 is 9.47 Å². The van der Waals surface area contributed by atoms with Crippen LogP contribution >= 0.6 is 0 Å². The molecule has 0 heterocycles. The molecule has 0 saturated heterocycles. The van der Waals surface area contributed by atoms with E-state index in [2.05, 4.69) is 78.8 Å². The Morgan fingerprint density at radius 3 is 1.67 bits per heavy atom. The summed E-state index contributed by atoms with van der Waals surface area (Å²) in [6, 6.07) is 6.95. The molecule has 33 heavy (non-hydrogen) atoms. The van der Waals surface area contributed by atoms with Gasteiger partial charge in [-0.3, -0.25) is 0 Å². The zero-order valence-corrected chi connectivity index (χ0v) is 22.2. The van der Waals surface area contributed by atoms with E-state index in [1.807, 2.05) is 0 Å². The molecule has 0 aromatic heterocycles. The Hall–Kier alpha value is -1.96. The normalized spacial score (nSPS) is 13.7. The molecule has 2 aromatic carbocycles. The summed E-state index contributed by atoms with van der Waals surface area (Å²) >= 11 is 0. The van der Waals surface area contributed by atoms with Crippen LogP contribution in [0.3, 0.4) is 0 Å². The minimum absolute atomic E-state index is 0.243. The first-order chi connectivity index (χ1) is 15.8. The van der Waals surface area contributed by atoms with Gasteiger partial charge >= 0.3 is 0 Å². The Balaban J connectivity index is 2.19. The van der Waals surface area contributed by atoms with Crippen LogP contribution in [0.2, 0.25) is 0 Å². The van der Waals surface area contributed by atoms with Gasteiger partial charge in [-0.25, -0.2) is 0 Å². The minimum Gasteiger partial charge on any atom is -0.492 e. The highest BCUT2D eigenvalue weighted by Gasteiger charge is 2.19. The van der Waals surface area contributed by atoms with E-state index in [1.54, 1.807) is 0 Å². The fourth-order valence-corrected chi connectivity index (χ4v) is 4.86. The molecule has 2 aromatic rings. The lowest BCUT2D eigenvalue weighted by molar-refractivity contribution is 0.235. The average molecular weight is 451 g/mol. The van der Waals surface area contributed by atoms with Crippen LogP contribution in [0, 0.1) is 17.3 Å². The van der Waals surface area contributed by atoms with Crippen LogP contribution in [0.4, 0.5) is 0 Å². The lowest BCUT2D eigenvalue weighted by Gasteiger charge is -2.23. The van der Waals surface area contributed by atoms with Crippen molar-refractivity contribution in [3.8, 4) is 11.5 Å². The van der Waals surface area contributed by atoms with Gasteiger partial charge in [-0.05, 0) is 48.1 Å². The van der Waals surface area contributed by atoms with Crippen LogP contribution in [-0.2, 0) is 6.42 Å². The molecular weight excluding hydrogens is 404 g/mol. The number of fused-ring (bicyclic) bond motifs is 2. The van der Waals surface area contributed by atoms with Crippen LogP contribution in [0.1, 0.15) is 92.6 Å². The molecule has 0 radical (unpaired) electrons. The molecule has 0 bridgehead atoms. The van der Waals surface area contributed by atoms with E-state index in [9.17, 15) is 0 Å². The fourth-order valence-electron chi connectivity index (χ4n) is 4.86. The maximum Gasteiger partial charge on any atom is 0.134 e. The zero-order valence-electron chi connectivity index (χ0n) is 22.2. The molecule has 0 spiro atoms. The molecule has 1 aliphatic rings. The average Bonchev–Trinajstić information content (AvgIpc) is 2.79. The molecule has 0 amide bonds. The predicted octanol–water partition coefficient (Wildman–Crippen LogP) is 7.41. The monoisotopic (exact) mass is 450 g/mol. The number of ether oxygens (including phenoxy) is 2. The van der Waals surface area contributed by atoms with E-state index in [0.717, 1.165) is 69.7 Å². The van der Waals surface area contributed by atoms with Gasteiger partial charge in [0.15, 0.2) is 0 Å².